The Kier molecular flexibility index (Phi) is 6.52. The van der Waals surface area contributed by atoms with Crippen molar-refractivity contribution >= 4 is 29.4 Å². The van der Waals surface area contributed by atoms with Crippen molar-refractivity contribution < 1.29 is 23.4 Å². The molecule has 6 heteroatoms. The van der Waals surface area contributed by atoms with E-state index in [1.165, 1.54) is 19.6 Å². The van der Waals surface area contributed by atoms with Gasteiger partial charge in [0.05, 0.1) is 19.6 Å². The standard InChI is InChI=1S/C20H13O4P.C6H15N/c21-25(22)23-17-11-9-13-5-1-3-7-15(13)19(17)20-16-8-4-2-6-14(16)10-12-18(20)24-25;1-4-7(5-2)6-3/h1-12H,(H,21,22);4-6H2,1-3H3. The predicted molar refractivity (Wildman–Crippen MR) is 128 cm³/mol. The lowest BCUT2D eigenvalue weighted by Gasteiger charge is -2.21. The Morgan fingerprint density at radius 2 is 1.09 bits per heavy atom. The molecule has 0 spiro atoms. The van der Waals surface area contributed by atoms with Crippen molar-refractivity contribution in [1.29, 1.82) is 0 Å². The molecule has 0 fully saturated rings. The van der Waals surface area contributed by atoms with Crippen LogP contribution in [0.5, 0.6) is 11.5 Å². The second-order valence-corrected chi connectivity index (χ2v) is 9.02. The number of fused-ring (bicyclic) bond motifs is 7. The summed E-state index contributed by atoms with van der Waals surface area (Å²) in [6.45, 7) is 10.5. The normalized spacial score (nSPS) is 13.9. The van der Waals surface area contributed by atoms with E-state index in [9.17, 15) is 9.46 Å². The van der Waals surface area contributed by atoms with Gasteiger partial charge in [0, 0.05) is 11.1 Å². The number of hydrogen-bond acceptors (Lipinski definition) is 4. The van der Waals surface area contributed by atoms with Gasteiger partial charge in [0.25, 0.3) is 0 Å². The molecule has 1 heterocycles. The molecule has 1 aliphatic heterocycles. The molecule has 0 amide bonds. The minimum atomic E-state index is -4.50. The van der Waals surface area contributed by atoms with Gasteiger partial charge in [-0.25, -0.2) is 4.57 Å². The third kappa shape index (κ3) is 4.37. The van der Waals surface area contributed by atoms with E-state index < -0.39 is 7.82 Å². The van der Waals surface area contributed by atoms with E-state index in [-0.39, 0.29) is 11.5 Å². The van der Waals surface area contributed by atoms with Crippen molar-refractivity contribution in [2.75, 3.05) is 19.6 Å². The molecule has 0 bridgehead atoms. The molecule has 4 aromatic rings. The van der Waals surface area contributed by atoms with Crippen LogP contribution in [0.1, 0.15) is 20.8 Å². The summed E-state index contributed by atoms with van der Waals surface area (Å²) in [4.78, 5) is 13.9. The highest BCUT2D eigenvalue weighted by molar-refractivity contribution is 7.46. The summed E-state index contributed by atoms with van der Waals surface area (Å²) in [6.07, 6.45) is 0. The second kappa shape index (κ2) is 9.33. The molecule has 0 saturated carbocycles. The molecule has 32 heavy (non-hydrogen) atoms. The van der Waals surface area contributed by atoms with Gasteiger partial charge in [0.1, 0.15) is 11.5 Å². The van der Waals surface area contributed by atoms with E-state index >= 15 is 0 Å². The first kappa shape index (κ1) is 22.3. The fourth-order valence-corrected chi connectivity index (χ4v) is 5.00. The van der Waals surface area contributed by atoms with Crippen LogP contribution >= 0.6 is 7.82 Å². The van der Waals surface area contributed by atoms with Crippen LogP contribution in [0, 0.1) is 0 Å². The van der Waals surface area contributed by atoms with Crippen LogP contribution in [-0.2, 0) is 4.57 Å². The lowest BCUT2D eigenvalue weighted by Crippen LogP contribution is -3.11. The Morgan fingerprint density at radius 1 is 0.688 bits per heavy atom. The molecule has 0 atom stereocenters. The molecule has 4 aromatic carbocycles. The van der Waals surface area contributed by atoms with Crippen LogP contribution < -0.4 is 18.8 Å². The number of rotatable bonds is 3. The maximum absolute atomic E-state index is 12.3. The molecular formula is C26H28NO4P. The van der Waals surface area contributed by atoms with Crippen molar-refractivity contribution in [3.63, 3.8) is 0 Å². The maximum atomic E-state index is 12.3. The second-order valence-electron chi connectivity index (χ2n) is 7.76. The van der Waals surface area contributed by atoms with Gasteiger partial charge in [-0.3, -0.25) is 0 Å². The molecule has 1 aliphatic rings. The van der Waals surface area contributed by atoms with E-state index in [1.807, 2.05) is 60.7 Å². The SMILES string of the molecule is CC[NH+](CC)CC.O=P1([O-])Oc2ccc3ccccc3c2-c2c(ccc3ccccc23)O1. The Morgan fingerprint density at radius 3 is 1.47 bits per heavy atom. The predicted octanol–water partition coefficient (Wildman–Crippen LogP) is 4.83. The van der Waals surface area contributed by atoms with Crippen molar-refractivity contribution in [3.8, 4) is 22.6 Å². The Labute approximate surface area is 188 Å². The van der Waals surface area contributed by atoms with Gasteiger partial charge in [-0.15, -0.1) is 0 Å². The van der Waals surface area contributed by atoms with Gasteiger partial charge < -0.3 is 18.8 Å². The molecule has 1 N–H and O–H groups in total. The minimum Gasteiger partial charge on any atom is -0.736 e. The first-order valence-electron chi connectivity index (χ1n) is 11.0. The van der Waals surface area contributed by atoms with Crippen LogP contribution in [0.4, 0.5) is 0 Å². The first-order valence-corrected chi connectivity index (χ1v) is 12.5. The topological polar surface area (TPSA) is 63.0 Å². The van der Waals surface area contributed by atoms with Crippen LogP contribution in [0.3, 0.4) is 0 Å². The first-order chi connectivity index (χ1) is 15.5. The van der Waals surface area contributed by atoms with Crippen LogP contribution in [0.2, 0.25) is 0 Å². The van der Waals surface area contributed by atoms with Gasteiger partial charge in [0.2, 0.25) is 0 Å². The third-order valence-electron chi connectivity index (χ3n) is 5.95. The van der Waals surface area contributed by atoms with E-state index in [4.69, 9.17) is 9.05 Å². The van der Waals surface area contributed by atoms with E-state index in [0.717, 1.165) is 32.7 Å². The lowest BCUT2D eigenvalue weighted by molar-refractivity contribution is -0.894. The molecule has 5 nitrogen and oxygen atoms in total. The number of phosphoric acid groups is 1. The van der Waals surface area contributed by atoms with E-state index in [1.54, 1.807) is 17.0 Å². The van der Waals surface area contributed by atoms with Gasteiger partial charge >= 0.3 is 7.82 Å². The molecule has 0 radical (unpaired) electrons. The largest absolute Gasteiger partial charge is 0.736 e. The third-order valence-corrected chi connectivity index (χ3v) is 6.79. The highest BCUT2D eigenvalue weighted by Gasteiger charge is 2.27. The average molecular weight is 449 g/mol. The van der Waals surface area contributed by atoms with Gasteiger partial charge in [0.15, 0.2) is 0 Å². The van der Waals surface area contributed by atoms with Crippen LogP contribution in [-0.4, -0.2) is 19.6 Å². The Balaban J connectivity index is 0.000000307. The zero-order valence-corrected chi connectivity index (χ0v) is 19.5. The molecule has 0 aromatic heterocycles. The van der Waals surface area contributed by atoms with Crippen molar-refractivity contribution in [3.05, 3.63) is 72.8 Å². The van der Waals surface area contributed by atoms with Crippen molar-refractivity contribution in [1.82, 2.24) is 0 Å². The molecule has 5 rings (SSSR count). The van der Waals surface area contributed by atoms with Crippen LogP contribution in [0.25, 0.3) is 32.7 Å². The summed E-state index contributed by atoms with van der Waals surface area (Å²) in [5, 5.41) is 3.85. The van der Waals surface area contributed by atoms with Crippen molar-refractivity contribution in [2.45, 2.75) is 20.8 Å². The molecular weight excluding hydrogens is 421 g/mol. The summed E-state index contributed by atoms with van der Waals surface area (Å²) in [5.74, 6) is 0.569. The number of phosphoric ester groups is 1. The van der Waals surface area contributed by atoms with Gasteiger partial charge in [-0.2, -0.15) is 0 Å². The summed E-state index contributed by atoms with van der Waals surface area (Å²) in [5.41, 5.74) is 1.47. The number of nitrogens with one attached hydrogen (secondary N) is 1. The van der Waals surface area contributed by atoms with Gasteiger partial charge in [-0.05, 0) is 54.4 Å². The fraction of sp³-hybridized carbons (Fsp3) is 0.231. The summed E-state index contributed by atoms with van der Waals surface area (Å²) in [7, 11) is -4.50. The fourth-order valence-electron chi connectivity index (χ4n) is 4.18. The number of quaternary nitrogens is 1. The number of benzene rings is 4. The minimum absolute atomic E-state index is 0.284. The smallest absolute Gasteiger partial charge is 0.372 e. The quantitative estimate of drug-likeness (QED) is 0.455. The lowest BCUT2D eigenvalue weighted by atomic mass is 9.92. The van der Waals surface area contributed by atoms with Crippen molar-refractivity contribution in [2.24, 2.45) is 0 Å². The number of hydrogen-bond donors (Lipinski definition) is 1. The van der Waals surface area contributed by atoms with Crippen LogP contribution in [0.15, 0.2) is 72.8 Å². The molecule has 0 saturated heterocycles. The van der Waals surface area contributed by atoms with E-state index in [0.29, 0.717) is 0 Å². The molecule has 0 aliphatic carbocycles. The zero-order chi connectivity index (χ0) is 22.7. The summed E-state index contributed by atoms with van der Waals surface area (Å²) >= 11 is 0. The highest BCUT2D eigenvalue weighted by Crippen LogP contribution is 2.54. The summed E-state index contributed by atoms with van der Waals surface area (Å²) in [6, 6.07) is 22.7. The highest BCUT2D eigenvalue weighted by atomic mass is 31.2. The van der Waals surface area contributed by atoms with E-state index in [2.05, 4.69) is 20.8 Å². The zero-order valence-electron chi connectivity index (χ0n) is 18.6. The Bertz CT molecular complexity index is 1200. The Hall–Kier alpha value is -2.85. The summed E-state index contributed by atoms with van der Waals surface area (Å²) < 4.78 is 22.8. The monoisotopic (exact) mass is 449 g/mol. The molecule has 0 unspecified atom stereocenters. The average Bonchev–Trinajstić information content (AvgIpc) is 2.93. The molecule has 166 valence electrons. The van der Waals surface area contributed by atoms with Gasteiger partial charge in [-0.1, -0.05) is 60.7 Å². The maximum Gasteiger partial charge on any atom is 0.372 e.